The molecule has 0 fully saturated rings. The van der Waals surface area contributed by atoms with E-state index in [1.54, 1.807) is 12.1 Å². The van der Waals surface area contributed by atoms with Crippen LogP contribution in [0, 0.1) is 0 Å². The number of esters is 2. The van der Waals surface area contributed by atoms with E-state index in [2.05, 4.69) is 20.1 Å². The van der Waals surface area contributed by atoms with Gasteiger partial charge in [-0.3, -0.25) is 4.79 Å². The fourth-order valence-corrected chi connectivity index (χ4v) is 1.78. The molecule has 0 saturated heterocycles. The second-order valence-electron chi connectivity index (χ2n) is 4.59. The molecule has 0 aliphatic rings. The maximum absolute atomic E-state index is 11.7. The lowest BCUT2D eigenvalue weighted by Crippen LogP contribution is -2.18. The maximum atomic E-state index is 11.7. The molecular weight excluding hydrogens is 332 g/mol. The van der Waals surface area contributed by atoms with Crippen LogP contribution in [-0.2, 0) is 28.6 Å². The fraction of sp³-hybridized carbons (Fsp3) is 0.312. The minimum atomic E-state index is -0.748. The number of carbonyl (C=O) groups excluding carboxylic acids is 3. The molecule has 0 spiro atoms. The highest BCUT2D eigenvalue weighted by atomic mass is 16.5. The van der Waals surface area contributed by atoms with Crippen LogP contribution in [-0.4, -0.2) is 52.9 Å². The second-order valence-corrected chi connectivity index (χ2v) is 4.59. The maximum Gasteiger partial charge on any atom is 0.354 e. The van der Waals surface area contributed by atoms with Crippen LogP contribution in [0.3, 0.4) is 0 Å². The van der Waals surface area contributed by atoms with Gasteiger partial charge in [-0.25, -0.2) is 9.59 Å². The van der Waals surface area contributed by atoms with Crippen molar-refractivity contribution in [2.75, 3.05) is 45.7 Å². The zero-order valence-corrected chi connectivity index (χ0v) is 14.4. The van der Waals surface area contributed by atoms with Gasteiger partial charge >= 0.3 is 11.9 Å². The molecule has 2 N–H and O–H groups in total. The van der Waals surface area contributed by atoms with E-state index in [4.69, 9.17) is 9.47 Å². The van der Waals surface area contributed by atoms with E-state index in [0.717, 1.165) is 6.08 Å². The topological polar surface area (TPSA) is 112 Å². The molecule has 1 aromatic rings. The summed E-state index contributed by atoms with van der Waals surface area (Å²) in [4.78, 5) is 34.7. The summed E-state index contributed by atoms with van der Waals surface area (Å²) >= 11 is 0. The van der Waals surface area contributed by atoms with Gasteiger partial charge in [-0.15, -0.1) is 0 Å². The normalized spacial score (nSPS) is 10.6. The number of rotatable bonds is 8. The molecule has 0 heterocycles. The Balaban J connectivity index is 3.04. The Morgan fingerprint density at radius 1 is 1.04 bits per heavy atom. The highest BCUT2D eigenvalue weighted by molar-refractivity contribution is 5.99. The van der Waals surface area contributed by atoms with Gasteiger partial charge in [0.2, 0.25) is 5.91 Å². The number of hydrogen-bond acceptors (Lipinski definition) is 8. The Labute approximate surface area is 144 Å². The Morgan fingerprint density at radius 2 is 1.76 bits per heavy atom. The summed E-state index contributed by atoms with van der Waals surface area (Å²) in [5.74, 6) is -1.47. The van der Waals surface area contributed by atoms with Gasteiger partial charge in [0.15, 0.2) is 0 Å². The predicted molar refractivity (Wildman–Crippen MR) is 89.2 cm³/mol. The lowest BCUT2D eigenvalue weighted by Gasteiger charge is -2.14. The molecule has 136 valence electrons. The van der Waals surface area contributed by atoms with Crippen molar-refractivity contribution in [2.24, 2.45) is 0 Å². The Bertz CT molecular complexity index is 670. The number of nitrogens with one attached hydrogen (secondary N) is 2. The van der Waals surface area contributed by atoms with E-state index in [9.17, 15) is 14.4 Å². The quantitative estimate of drug-likeness (QED) is 0.525. The van der Waals surface area contributed by atoms with E-state index < -0.39 is 11.9 Å². The van der Waals surface area contributed by atoms with Crippen molar-refractivity contribution in [3.63, 3.8) is 0 Å². The van der Waals surface area contributed by atoms with Gasteiger partial charge in [0.05, 0.1) is 33.1 Å². The van der Waals surface area contributed by atoms with Gasteiger partial charge in [0.1, 0.15) is 18.1 Å². The summed E-state index contributed by atoms with van der Waals surface area (Å²) in [5.41, 5.74) is 0.737. The first-order valence-corrected chi connectivity index (χ1v) is 7.07. The number of anilines is 2. The van der Waals surface area contributed by atoms with E-state index >= 15 is 0 Å². The molecule has 0 saturated carbocycles. The van der Waals surface area contributed by atoms with E-state index in [0.29, 0.717) is 17.1 Å². The molecule has 1 aromatic carbocycles. The first-order chi connectivity index (χ1) is 11.9. The van der Waals surface area contributed by atoms with E-state index in [1.165, 1.54) is 34.5 Å². The average Bonchev–Trinajstić information content (AvgIpc) is 2.61. The van der Waals surface area contributed by atoms with Crippen molar-refractivity contribution >= 4 is 29.2 Å². The molecular formula is C16H20N2O7. The van der Waals surface area contributed by atoms with Crippen LogP contribution in [0.15, 0.2) is 30.0 Å². The molecule has 0 atom stereocenters. The zero-order valence-electron chi connectivity index (χ0n) is 14.4. The van der Waals surface area contributed by atoms with Crippen molar-refractivity contribution in [1.29, 1.82) is 0 Å². The molecule has 1 rings (SSSR count). The van der Waals surface area contributed by atoms with Crippen LogP contribution >= 0.6 is 0 Å². The zero-order chi connectivity index (χ0) is 18.8. The number of carbonyl (C=O) groups is 3. The summed E-state index contributed by atoms with van der Waals surface area (Å²) in [6, 6.07) is 4.69. The van der Waals surface area contributed by atoms with E-state index in [1.807, 2.05) is 0 Å². The third-order valence-corrected chi connectivity index (χ3v) is 2.90. The van der Waals surface area contributed by atoms with Gasteiger partial charge < -0.3 is 29.6 Å². The highest BCUT2D eigenvalue weighted by Gasteiger charge is 2.14. The van der Waals surface area contributed by atoms with E-state index in [-0.39, 0.29) is 18.2 Å². The minimum absolute atomic E-state index is 0.0997. The second kappa shape index (κ2) is 9.93. The summed E-state index contributed by atoms with van der Waals surface area (Å²) in [6.45, 7) is -0.0997. The van der Waals surface area contributed by atoms with Crippen molar-refractivity contribution in [3.8, 4) is 5.75 Å². The first-order valence-electron chi connectivity index (χ1n) is 7.07. The summed E-state index contributed by atoms with van der Waals surface area (Å²) < 4.78 is 19.1. The largest absolute Gasteiger partial charge is 0.494 e. The van der Waals surface area contributed by atoms with Crippen LogP contribution < -0.4 is 15.4 Å². The molecule has 0 aromatic heterocycles. The summed E-state index contributed by atoms with van der Waals surface area (Å²) in [6.07, 6.45) is 0.965. The molecule has 0 unspecified atom stereocenters. The molecule has 9 nitrogen and oxygen atoms in total. The standard InChI is InChI=1S/C16H20N2O7/c1-22-9-14(19)18-11-6-5-10(7-13(11)23-2)17-12(16(21)25-4)8-15(20)24-3/h5-8,17H,9H2,1-4H3,(H,18,19)/b12-8+. The minimum Gasteiger partial charge on any atom is -0.494 e. The smallest absolute Gasteiger partial charge is 0.354 e. The van der Waals surface area contributed by atoms with Gasteiger partial charge in [-0.05, 0) is 12.1 Å². The molecule has 9 heteroatoms. The van der Waals surface area contributed by atoms with Crippen LogP contribution in [0.4, 0.5) is 11.4 Å². The molecule has 0 aliphatic carbocycles. The third kappa shape index (κ3) is 6.15. The SMILES string of the molecule is COCC(=O)Nc1ccc(N/C(=C/C(=O)OC)C(=O)OC)cc1OC. The molecule has 0 aliphatic heterocycles. The van der Waals surface area contributed by atoms with Crippen molar-refractivity contribution in [3.05, 3.63) is 30.0 Å². The fourth-order valence-electron chi connectivity index (χ4n) is 1.78. The first kappa shape index (κ1) is 20.0. The monoisotopic (exact) mass is 352 g/mol. The predicted octanol–water partition coefficient (Wildman–Crippen LogP) is 0.922. The van der Waals surface area contributed by atoms with Gasteiger partial charge in [0.25, 0.3) is 0 Å². The Kier molecular flexibility index (Phi) is 7.94. The van der Waals surface area contributed by atoms with Crippen LogP contribution in [0.2, 0.25) is 0 Å². The van der Waals surface area contributed by atoms with Crippen LogP contribution in [0.1, 0.15) is 0 Å². The van der Waals surface area contributed by atoms with Crippen LogP contribution in [0.25, 0.3) is 0 Å². The summed E-state index contributed by atoms with van der Waals surface area (Å²) in [7, 11) is 5.21. The number of methoxy groups -OCH3 is 4. The molecule has 0 bridgehead atoms. The Hall–Kier alpha value is -3.07. The molecule has 1 amide bonds. The number of ether oxygens (including phenoxy) is 4. The third-order valence-electron chi connectivity index (χ3n) is 2.90. The number of benzene rings is 1. The van der Waals surface area contributed by atoms with Gasteiger partial charge in [0, 0.05) is 18.9 Å². The lowest BCUT2D eigenvalue weighted by molar-refractivity contribution is -0.138. The Morgan fingerprint density at radius 3 is 2.32 bits per heavy atom. The van der Waals surface area contributed by atoms with Crippen molar-refractivity contribution in [2.45, 2.75) is 0 Å². The van der Waals surface area contributed by atoms with Gasteiger partial charge in [-0.1, -0.05) is 0 Å². The van der Waals surface area contributed by atoms with Crippen molar-refractivity contribution in [1.82, 2.24) is 0 Å². The molecule has 0 radical (unpaired) electrons. The highest BCUT2D eigenvalue weighted by Crippen LogP contribution is 2.28. The molecule has 25 heavy (non-hydrogen) atoms. The number of hydrogen-bond donors (Lipinski definition) is 2. The van der Waals surface area contributed by atoms with Gasteiger partial charge in [-0.2, -0.15) is 0 Å². The lowest BCUT2D eigenvalue weighted by atomic mass is 10.2. The summed E-state index contributed by atoms with van der Waals surface area (Å²) in [5, 5.41) is 5.36. The number of amides is 1. The van der Waals surface area contributed by atoms with Crippen molar-refractivity contribution < 1.29 is 33.3 Å². The average molecular weight is 352 g/mol. The van der Waals surface area contributed by atoms with Crippen LogP contribution in [0.5, 0.6) is 5.75 Å².